The van der Waals surface area contributed by atoms with Crippen LogP contribution < -0.4 is 20.7 Å². The summed E-state index contributed by atoms with van der Waals surface area (Å²) in [6.07, 6.45) is 6.76. The number of anilines is 1. The molecule has 12 nitrogen and oxygen atoms in total. The Bertz CT molecular complexity index is 1210. The quantitative estimate of drug-likeness (QED) is 0.100. The lowest BCUT2D eigenvalue weighted by Crippen LogP contribution is -2.71. The zero-order chi connectivity index (χ0) is 24.9. The zero-order valence-corrected chi connectivity index (χ0v) is 20.1. The van der Waals surface area contributed by atoms with E-state index in [1.807, 2.05) is 22.8 Å². The molecule has 4 heterocycles. The van der Waals surface area contributed by atoms with Gasteiger partial charge in [0.2, 0.25) is 5.71 Å². The lowest BCUT2D eigenvalue weighted by Gasteiger charge is -2.50. The van der Waals surface area contributed by atoms with Crippen LogP contribution in [0.4, 0.5) is 5.82 Å². The van der Waals surface area contributed by atoms with Gasteiger partial charge in [-0.1, -0.05) is 11.2 Å². The number of hydrogen-bond donors (Lipinski definition) is 2. The molecule has 2 aliphatic rings. The minimum Gasteiger partial charge on any atom is -0.543 e. The first-order chi connectivity index (χ1) is 16.9. The van der Waals surface area contributed by atoms with E-state index in [4.69, 9.17) is 10.6 Å². The van der Waals surface area contributed by atoms with Gasteiger partial charge >= 0.3 is 0 Å². The van der Waals surface area contributed by atoms with E-state index in [9.17, 15) is 19.5 Å². The van der Waals surface area contributed by atoms with Crippen LogP contribution >= 0.6 is 23.5 Å². The van der Waals surface area contributed by atoms with Crippen molar-refractivity contribution in [1.29, 1.82) is 0 Å². The van der Waals surface area contributed by atoms with Crippen LogP contribution in [0.5, 0.6) is 0 Å². The van der Waals surface area contributed by atoms with Crippen LogP contribution in [0.15, 0.2) is 59.3 Å². The maximum atomic E-state index is 13.0. The molecule has 0 spiro atoms. The van der Waals surface area contributed by atoms with Gasteiger partial charge in [-0.05, 0) is 12.3 Å². The maximum Gasteiger partial charge on any atom is 0.278 e. The van der Waals surface area contributed by atoms with Gasteiger partial charge in [-0.3, -0.25) is 14.5 Å². The smallest absolute Gasteiger partial charge is 0.278 e. The number of nitrogens with two attached hydrogens (primary N) is 1. The van der Waals surface area contributed by atoms with Crippen LogP contribution in [0.1, 0.15) is 5.82 Å². The molecule has 3 N–H and O–H groups in total. The van der Waals surface area contributed by atoms with Gasteiger partial charge < -0.3 is 25.8 Å². The lowest BCUT2D eigenvalue weighted by molar-refractivity contribution is -0.689. The number of aliphatic carboxylic acids is 1. The number of nitrogens with zero attached hydrogens (tertiary/aromatic N) is 5. The number of nitrogen functional groups attached to an aromatic ring is 1. The summed E-state index contributed by atoms with van der Waals surface area (Å²) in [4.78, 5) is 52.2. The Hall–Kier alpha value is -3.65. The molecular weight excluding hydrogens is 494 g/mol. The fourth-order valence-corrected chi connectivity index (χ4v) is 5.07. The first kappa shape index (κ1) is 24.5. The highest BCUT2D eigenvalue weighted by Gasteiger charge is 2.53. The summed E-state index contributed by atoms with van der Waals surface area (Å²) in [5, 5.41) is 17.8. The van der Waals surface area contributed by atoms with Crippen LogP contribution in [-0.2, 0) is 25.8 Å². The molecule has 1 fully saturated rings. The van der Waals surface area contributed by atoms with Crippen LogP contribution in [0, 0.1) is 0 Å². The number of thioether (sulfide) groups is 2. The molecule has 2 atom stereocenters. The number of fused-ring (bicyclic) bond motifs is 1. The monoisotopic (exact) mass is 515 g/mol. The lowest BCUT2D eigenvalue weighted by atomic mass is 10.0. The van der Waals surface area contributed by atoms with Gasteiger partial charge in [0.25, 0.3) is 11.8 Å². The minimum atomic E-state index is -1.44. The largest absolute Gasteiger partial charge is 0.543 e. The molecule has 0 aliphatic carbocycles. The number of rotatable bonds is 9. The van der Waals surface area contributed by atoms with E-state index in [0.29, 0.717) is 17.9 Å². The van der Waals surface area contributed by atoms with E-state index in [1.165, 1.54) is 35.8 Å². The average molecular weight is 516 g/mol. The summed E-state index contributed by atoms with van der Waals surface area (Å²) < 4.78 is 1.81. The van der Waals surface area contributed by atoms with E-state index >= 15 is 0 Å². The van der Waals surface area contributed by atoms with Crippen LogP contribution in [0.25, 0.3) is 0 Å². The molecule has 1 unspecified atom stereocenters. The van der Waals surface area contributed by atoms with E-state index in [1.54, 1.807) is 18.6 Å². The minimum absolute atomic E-state index is 0.0685. The number of β-lactam (4-membered cyclic amide) rings is 1. The summed E-state index contributed by atoms with van der Waals surface area (Å²) in [6.45, 7) is 0.293. The highest BCUT2D eigenvalue weighted by Crippen LogP contribution is 2.40. The van der Waals surface area contributed by atoms with Gasteiger partial charge in [0.05, 0.1) is 11.7 Å². The Labute approximate surface area is 208 Å². The number of oxime groups is 1. The van der Waals surface area contributed by atoms with Gasteiger partial charge in [0.15, 0.2) is 30.7 Å². The topological polar surface area (TPSA) is 167 Å². The molecule has 182 valence electrons. The summed E-state index contributed by atoms with van der Waals surface area (Å²) >= 11 is 2.69. The predicted molar refractivity (Wildman–Crippen MR) is 126 cm³/mol. The van der Waals surface area contributed by atoms with Crippen LogP contribution in [-0.4, -0.2) is 67.7 Å². The predicted octanol–water partition coefficient (Wildman–Crippen LogP) is -1.51. The number of carboxylic acids is 1. The third-order valence-electron chi connectivity index (χ3n) is 5.11. The second kappa shape index (κ2) is 10.7. The van der Waals surface area contributed by atoms with Crippen molar-refractivity contribution in [3.63, 3.8) is 0 Å². The first-order valence-corrected chi connectivity index (χ1v) is 12.8. The third kappa shape index (κ3) is 5.22. The molecule has 2 aromatic rings. The van der Waals surface area contributed by atoms with Crippen molar-refractivity contribution < 1.29 is 28.9 Å². The van der Waals surface area contributed by atoms with Gasteiger partial charge in [-0.25, -0.2) is 14.5 Å². The van der Waals surface area contributed by atoms with Crippen molar-refractivity contribution in [3.05, 3.63) is 60.0 Å². The number of carbonyl (C=O) groups is 3. The van der Waals surface area contributed by atoms with Crippen molar-refractivity contribution in [3.8, 4) is 0 Å². The number of carboxylic acid groups (broad SMARTS) is 1. The SMILES string of the molecule is CSCON=C(C(=O)NC1C(=O)N2C(C(=O)[O-])=C(C[n+]3ccccc3)CS[C@H]12)c1nccc(N)n1. The fraction of sp³-hybridized carbons (Fsp3) is 0.286. The summed E-state index contributed by atoms with van der Waals surface area (Å²) in [7, 11) is 0. The summed E-state index contributed by atoms with van der Waals surface area (Å²) in [6, 6.07) is 5.97. The Morgan fingerprint density at radius 3 is 2.86 bits per heavy atom. The summed E-state index contributed by atoms with van der Waals surface area (Å²) in [5.41, 5.74) is 5.82. The first-order valence-electron chi connectivity index (χ1n) is 10.3. The molecule has 0 saturated carbocycles. The van der Waals surface area contributed by atoms with Gasteiger partial charge in [0, 0.05) is 29.7 Å². The van der Waals surface area contributed by atoms with Crippen molar-refractivity contribution in [2.75, 3.05) is 23.7 Å². The average Bonchev–Trinajstić information content (AvgIpc) is 2.85. The maximum absolute atomic E-state index is 13.0. The molecule has 0 aromatic carbocycles. The van der Waals surface area contributed by atoms with Crippen molar-refractivity contribution in [2.45, 2.75) is 18.0 Å². The molecule has 0 bridgehead atoms. The van der Waals surface area contributed by atoms with Gasteiger partial charge in [-0.15, -0.1) is 23.5 Å². The molecule has 14 heteroatoms. The number of carbonyl (C=O) groups excluding carboxylic acids is 3. The molecule has 0 radical (unpaired) electrons. The number of aromatic nitrogens is 3. The van der Waals surface area contributed by atoms with Crippen LogP contribution in [0.2, 0.25) is 0 Å². The van der Waals surface area contributed by atoms with Crippen molar-refractivity contribution in [1.82, 2.24) is 20.2 Å². The second-order valence-electron chi connectivity index (χ2n) is 7.43. The summed E-state index contributed by atoms with van der Waals surface area (Å²) in [5.74, 6) is -2.18. The molecule has 2 aromatic heterocycles. The molecular formula is C21H21N7O5S2. The van der Waals surface area contributed by atoms with Crippen LogP contribution in [0.3, 0.4) is 0 Å². The standard InChI is InChI=1S/C21H21N7O5S2/c1-34-11-33-26-14(17-23-6-5-13(22)24-17)18(29)25-15-19(30)28-16(21(31)32)12(10-35-20(15)28)9-27-7-3-2-4-8-27/h2-8,15,20H,9-11H2,1H3,(H3-,22,23,24,25,29,31,32)/t15?,20-/m1/s1. The van der Waals surface area contributed by atoms with E-state index in [2.05, 4.69) is 20.4 Å². The number of pyridine rings is 1. The second-order valence-corrected chi connectivity index (χ2v) is 9.35. The number of hydrogen-bond acceptors (Lipinski definition) is 11. The molecule has 35 heavy (non-hydrogen) atoms. The normalized spacial score (nSPS) is 19.6. The third-order valence-corrected chi connectivity index (χ3v) is 6.79. The van der Waals surface area contributed by atoms with Gasteiger partial charge in [0.1, 0.15) is 17.2 Å². The van der Waals surface area contributed by atoms with E-state index in [-0.39, 0.29) is 29.0 Å². The Morgan fingerprint density at radius 1 is 1.40 bits per heavy atom. The number of nitrogens with one attached hydrogen (secondary N) is 1. The Balaban J connectivity index is 1.53. The molecule has 1 saturated heterocycles. The highest BCUT2D eigenvalue weighted by molar-refractivity contribution is 8.00. The van der Waals surface area contributed by atoms with E-state index < -0.39 is 29.2 Å². The highest BCUT2D eigenvalue weighted by atomic mass is 32.2. The Kier molecular flexibility index (Phi) is 7.51. The fourth-order valence-electron chi connectivity index (χ4n) is 3.58. The molecule has 2 amide bonds. The molecule has 2 aliphatic heterocycles. The van der Waals surface area contributed by atoms with E-state index in [0.717, 1.165) is 4.90 Å². The van der Waals surface area contributed by atoms with Crippen molar-refractivity contribution in [2.24, 2.45) is 5.16 Å². The van der Waals surface area contributed by atoms with Crippen molar-refractivity contribution >= 4 is 52.8 Å². The van der Waals surface area contributed by atoms with Gasteiger partial charge in [-0.2, -0.15) is 0 Å². The number of amides is 2. The molecule has 4 rings (SSSR count). The zero-order valence-electron chi connectivity index (χ0n) is 18.5. The Morgan fingerprint density at radius 2 is 2.17 bits per heavy atom.